The van der Waals surface area contributed by atoms with Gasteiger partial charge in [0.1, 0.15) is 0 Å². The van der Waals surface area contributed by atoms with Gasteiger partial charge in [0, 0.05) is 31.6 Å². The van der Waals surface area contributed by atoms with Gasteiger partial charge >= 0.3 is 6.18 Å². The van der Waals surface area contributed by atoms with Crippen molar-refractivity contribution in [2.45, 2.75) is 51.9 Å². The second kappa shape index (κ2) is 6.05. The van der Waals surface area contributed by atoms with Gasteiger partial charge < -0.3 is 5.32 Å². The van der Waals surface area contributed by atoms with Gasteiger partial charge in [0.25, 0.3) is 0 Å². The molecule has 0 aliphatic carbocycles. The molecule has 102 valence electrons. The highest BCUT2D eigenvalue weighted by Gasteiger charge is 2.30. The van der Waals surface area contributed by atoms with Crippen LogP contribution in [0.25, 0.3) is 0 Å². The molecule has 1 fully saturated rings. The van der Waals surface area contributed by atoms with Crippen molar-refractivity contribution in [2.24, 2.45) is 5.92 Å². The normalized spacial score (nSPS) is 27.7. The molecule has 5 heteroatoms. The summed E-state index contributed by atoms with van der Waals surface area (Å²) < 4.78 is 36.3. The van der Waals surface area contributed by atoms with E-state index in [9.17, 15) is 13.2 Å². The molecule has 2 unspecified atom stereocenters. The minimum atomic E-state index is -4.02. The first kappa shape index (κ1) is 14.8. The van der Waals surface area contributed by atoms with Crippen molar-refractivity contribution >= 4 is 0 Å². The minimum Gasteiger partial charge on any atom is -0.311 e. The van der Waals surface area contributed by atoms with Gasteiger partial charge in [0.15, 0.2) is 0 Å². The van der Waals surface area contributed by atoms with E-state index in [-0.39, 0.29) is 6.42 Å². The third-order valence-corrected chi connectivity index (χ3v) is 3.33. The van der Waals surface area contributed by atoms with E-state index in [1.807, 2.05) is 0 Å². The Morgan fingerprint density at radius 2 is 2.00 bits per heavy atom. The molecule has 0 aromatic rings. The van der Waals surface area contributed by atoms with E-state index in [1.165, 1.54) is 0 Å². The van der Waals surface area contributed by atoms with Gasteiger partial charge in [0.2, 0.25) is 0 Å². The van der Waals surface area contributed by atoms with E-state index in [0.717, 1.165) is 13.1 Å². The highest BCUT2D eigenvalue weighted by atomic mass is 19.4. The first-order valence-corrected chi connectivity index (χ1v) is 6.34. The van der Waals surface area contributed by atoms with E-state index in [4.69, 9.17) is 0 Å². The third kappa shape index (κ3) is 5.25. The lowest BCUT2D eigenvalue weighted by atomic mass is 9.98. The molecule has 0 radical (unpaired) electrons. The Morgan fingerprint density at radius 3 is 2.53 bits per heavy atom. The number of hydrogen-bond acceptors (Lipinski definition) is 2. The molecular formula is C12H23F3N2. The fourth-order valence-electron chi connectivity index (χ4n) is 2.40. The maximum absolute atomic E-state index is 12.1. The molecule has 17 heavy (non-hydrogen) atoms. The molecule has 1 N–H and O–H groups in total. The monoisotopic (exact) mass is 252 g/mol. The van der Waals surface area contributed by atoms with Gasteiger partial charge in [-0.15, -0.1) is 0 Å². The van der Waals surface area contributed by atoms with Gasteiger partial charge in [-0.2, -0.15) is 13.2 Å². The van der Waals surface area contributed by atoms with Gasteiger partial charge in [0.05, 0.1) is 0 Å². The Bertz CT molecular complexity index is 228. The Labute approximate surface area is 102 Å². The van der Waals surface area contributed by atoms with Crippen LogP contribution >= 0.6 is 0 Å². The van der Waals surface area contributed by atoms with E-state index in [2.05, 4.69) is 31.0 Å². The maximum Gasteiger partial charge on any atom is 0.389 e. The van der Waals surface area contributed by atoms with E-state index >= 15 is 0 Å². The Kier molecular flexibility index (Phi) is 5.25. The van der Waals surface area contributed by atoms with Crippen LogP contribution in [-0.4, -0.2) is 42.8 Å². The average molecular weight is 252 g/mol. The van der Waals surface area contributed by atoms with Crippen molar-refractivity contribution in [2.75, 3.05) is 19.6 Å². The molecule has 1 aliphatic heterocycles. The first-order valence-electron chi connectivity index (χ1n) is 6.34. The van der Waals surface area contributed by atoms with Gasteiger partial charge in [-0.1, -0.05) is 13.8 Å². The summed E-state index contributed by atoms with van der Waals surface area (Å²) in [7, 11) is 0. The van der Waals surface area contributed by atoms with Crippen LogP contribution in [0.15, 0.2) is 0 Å². The predicted molar refractivity (Wildman–Crippen MR) is 63.0 cm³/mol. The molecule has 0 bridgehead atoms. The molecule has 1 rings (SSSR count). The van der Waals surface area contributed by atoms with Gasteiger partial charge in [-0.3, -0.25) is 4.90 Å². The van der Waals surface area contributed by atoms with Crippen LogP contribution in [0.3, 0.4) is 0 Å². The number of halogens is 3. The molecule has 0 amide bonds. The number of hydrogen-bond donors (Lipinski definition) is 1. The molecule has 1 saturated heterocycles. The van der Waals surface area contributed by atoms with Crippen molar-refractivity contribution in [3.63, 3.8) is 0 Å². The van der Waals surface area contributed by atoms with Crippen LogP contribution in [0.1, 0.15) is 33.6 Å². The summed E-state index contributed by atoms with van der Waals surface area (Å²) in [5, 5.41) is 3.39. The summed E-state index contributed by atoms with van der Waals surface area (Å²) in [6, 6.07) is 0.732. The molecular weight excluding hydrogens is 229 g/mol. The van der Waals surface area contributed by atoms with Crippen molar-refractivity contribution in [1.29, 1.82) is 0 Å². The summed E-state index contributed by atoms with van der Waals surface area (Å²) in [4.78, 5) is 2.21. The number of piperazine rings is 1. The average Bonchev–Trinajstić information content (AvgIpc) is 2.15. The fourth-order valence-corrected chi connectivity index (χ4v) is 2.40. The third-order valence-electron chi connectivity index (χ3n) is 3.33. The molecule has 1 aliphatic rings. The van der Waals surface area contributed by atoms with Crippen LogP contribution < -0.4 is 5.32 Å². The zero-order chi connectivity index (χ0) is 13.1. The van der Waals surface area contributed by atoms with Crippen LogP contribution in [0, 0.1) is 5.92 Å². The first-order chi connectivity index (χ1) is 7.79. The van der Waals surface area contributed by atoms with Crippen LogP contribution in [0.5, 0.6) is 0 Å². The lowest BCUT2D eigenvalue weighted by Crippen LogP contribution is -2.57. The van der Waals surface area contributed by atoms with Crippen LogP contribution in [0.4, 0.5) is 13.2 Å². The smallest absolute Gasteiger partial charge is 0.311 e. The molecule has 2 atom stereocenters. The number of nitrogens with one attached hydrogen (secondary N) is 1. The van der Waals surface area contributed by atoms with Gasteiger partial charge in [-0.05, 0) is 25.8 Å². The lowest BCUT2D eigenvalue weighted by Gasteiger charge is -2.41. The fraction of sp³-hybridized carbons (Fsp3) is 1.00. The number of alkyl halides is 3. The van der Waals surface area contributed by atoms with Crippen molar-refractivity contribution < 1.29 is 13.2 Å². The molecule has 1 heterocycles. The standard InChI is InChI=1S/C12H23F3N2/c1-9(2)11-7-16-10(3)8-17(11)6-4-5-12(13,14)15/h9-11,16H,4-8H2,1-3H3. The summed E-state index contributed by atoms with van der Waals surface area (Å²) in [6.07, 6.45) is -4.48. The predicted octanol–water partition coefficient (Wildman–Crippen LogP) is 2.65. The molecule has 0 spiro atoms. The topological polar surface area (TPSA) is 15.3 Å². The quantitative estimate of drug-likeness (QED) is 0.827. The zero-order valence-corrected chi connectivity index (χ0v) is 10.8. The lowest BCUT2D eigenvalue weighted by molar-refractivity contribution is -0.136. The van der Waals surface area contributed by atoms with E-state index in [1.54, 1.807) is 0 Å². The van der Waals surface area contributed by atoms with Crippen molar-refractivity contribution in [1.82, 2.24) is 10.2 Å². The summed E-state index contributed by atoms with van der Waals surface area (Å²) in [6.45, 7) is 8.60. The van der Waals surface area contributed by atoms with E-state index in [0.29, 0.717) is 24.5 Å². The Morgan fingerprint density at radius 1 is 1.35 bits per heavy atom. The number of nitrogens with zero attached hydrogens (tertiary/aromatic N) is 1. The molecule has 0 saturated carbocycles. The Balaban J connectivity index is 2.41. The van der Waals surface area contributed by atoms with Crippen LogP contribution in [-0.2, 0) is 0 Å². The molecule has 0 aromatic carbocycles. The van der Waals surface area contributed by atoms with Crippen LogP contribution in [0.2, 0.25) is 0 Å². The summed E-state index contributed by atoms with van der Waals surface area (Å²) in [5.74, 6) is 0.473. The van der Waals surface area contributed by atoms with Crippen molar-refractivity contribution in [3.8, 4) is 0 Å². The minimum absolute atomic E-state index is 0.208. The Hall–Kier alpha value is -0.290. The summed E-state index contributed by atoms with van der Waals surface area (Å²) >= 11 is 0. The maximum atomic E-state index is 12.1. The molecule has 2 nitrogen and oxygen atoms in total. The summed E-state index contributed by atoms with van der Waals surface area (Å²) in [5.41, 5.74) is 0. The molecule has 0 aromatic heterocycles. The second-order valence-electron chi connectivity index (χ2n) is 5.33. The largest absolute Gasteiger partial charge is 0.389 e. The SMILES string of the molecule is CC1CN(CCCC(F)(F)F)C(C(C)C)CN1. The van der Waals surface area contributed by atoms with E-state index < -0.39 is 12.6 Å². The van der Waals surface area contributed by atoms with Gasteiger partial charge in [-0.25, -0.2) is 0 Å². The highest BCUT2D eigenvalue weighted by Crippen LogP contribution is 2.23. The zero-order valence-electron chi connectivity index (χ0n) is 10.8. The second-order valence-corrected chi connectivity index (χ2v) is 5.33. The van der Waals surface area contributed by atoms with Crippen molar-refractivity contribution in [3.05, 3.63) is 0 Å². The highest BCUT2D eigenvalue weighted by molar-refractivity contribution is 4.85. The number of rotatable bonds is 4.